The van der Waals surface area contributed by atoms with E-state index in [1.807, 2.05) is 0 Å². The molecule has 4 aromatic rings. The van der Waals surface area contributed by atoms with Gasteiger partial charge in [0.2, 0.25) is 0 Å². The van der Waals surface area contributed by atoms with Gasteiger partial charge in [-0.1, -0.05) is 0 Å². The van der Waals surface area contributed by atoms with Gasteiger partial charge in [-0.05, 0) is 64.1 Å². The normalized spacial score (nSPS) is 23.2. The fourth-order valence-corrected chi connectivity index (χ4v) is 8.83. The number of fused-ring (bicyclic) bond motifs is 1. The fourth-order valence-electron chi connectivity index (χ4n) is 6.78. The lowest BCUT2D eigenvalue weighted by molar-refractivity contribution is -0.388. The number of ether oxygens (including phenoxy) is 4. The van der Waals surface area contributed by atoms with E-state index >= 15 is 0 Å². The van der Waals surface area contributed by atoms with E-state index in [9.17, 15) is 53.4 Å². The number of nitrogens with two attached hydrogens (primary N) is 2. The van der Waals surface area contributed by atoms with Gasteiger partial charge in [0.15, 0.2) is 28.8 Å². The number of rotatable bonds is 21. The number of nitrogens with one attached hydrogen (secondary N) is 2. The number of hydrogen-bond acceptors (Lipinski definition) is 24. The van der Waals surface area contributed by atoms with Crippen LogP contribution in [0.15, 0.2) is 53.1 Å². The predicted molar refractivity (Wildman–Crippen MR) is 231 cm³/mol. The summed E-state index contributed by atoms with van der Waals surface area (Å²) in [7, 11) is -10.4. The molecule has 2 unspecified atom stereocenters. The average molecular weight is 1020 g/mol. The second kappa shape index (κ2) is 22.0. The van der Waals surface area contributed by atoms with E-state index in [1.54, 1.807) is 20.8 Å². The van der Waals surface area contributed by atoms with Crippen molar-refractivity contribution in [1.29, 1.82) is 0 Å². The molecule has 372 valence electrons. The van der Waals surface area contributed by atoms with Gasteiger partial charge in [-0.2, -0.15) is 4.98 Å². The zero-order valence-corrected chi connectivity index (χ0v) is 38.8. The molecule has 0 radical (unpaired) electrons. The number of unbranched alkanes of at least 4 members (excludes halogenated alkanes) is 1. The summed E-state index contributed by atoms with van der Waals surface area (Å²) in [6.45, 7) is 3.26. The van der Waals surface area contributed by atoms with Gasteiger partial charge >= 0.3 is 39.1 Å². The molecule has 2 fully saturated rings. The number of aliphatic hydroxyl groups is 1. The average Bonchev–Trinajstić information content (AvgIpc) is 3.94. The molecule has 0 saturated carbocycles. The van der Waals surface area contributed by atoms with E-state index in [4.69, 9.17) is 39.5 Å². The topological polar surface area (TPSA) is 424 Å². The summed E-state index contributed by atoms with van der Waals surface area (Å²) in [6, 6.07) is 2.58. The van der Waals surface area contributed by atoms with Crippen molar-refractivity contribution in [2.45, 2.75) is 106 Å². The minimum Gasteiger partial charge on any atom is -0.455 e. The molecule has 0 bridgehead atoms. The molecule has 0 aliphatic carbocycles. The van der Waals surface area contributed by atoms with E-state index in [-0.39, 0.29) is 59.3 Å². The number of aromatic nitrogens is 7. The Balaban J connectivity index is 1.19. The van der Waals surface area contributed by atoms with Crippen LogP contribution in [-0.2, 0) is 46.4 Å². The SMILES string of the molecule is CC(C)(C)OC(=O)NC(CCCCNSc1ncccc1[N+](=O)[O-])C(=O)O[C@H]1[C@@H](O)[C@H](n2cnc3c(N)ncnc32)O[C@@H]1COP(=O)(O)O[C@H]1C[C@H](n2ccc(N)nc2=O)O[C@H]1COP(=O)(O)O. The summed E-state index contributed by atoms with van der Waals surface area (Å²) in [5.41, 5.74) is 9.67. The number of nitrogen functional groups attached to an aromatic ring is 2. The Morgan fingerprint density at radius 2 is 1.81 bits per heavy atom. The number of esters is 1. The summed E-state index contributed by atoms with van der Waals surface area (Å²) >= 11 is 0.933. The summed E-state index contributed by atoms with van der Waals surface area (Å²) in [5.74, 6) is -1.24. The molecule has 2 aliphatic rings. The number of phosphoric acid groups is 2. The molecule has 68 heavy (non-hydrogen) atoms. The van der Waals surface area contributed by atoms with Crippen LogP contribution in [-0.4, -0.2) is 133 Å². The maximum absolute atomic E-state index is 14.0. The van der Waals surface area contributed by atoms with E-state index in [1.165, 1.54) is 41.5 Å². The molecular formula is C35H48N12O18P2S. The van der Waals surface area contributed by atoms with Crippen molar-refractivity contribution < 1.29 is 75.9 Å². The monoisotopic (exact) mass is 1020 g/mol. The van der Waals surface area contributed by atoms with Gasteiger partial charge in [0.25, 0.3) is 0 Å². The predicted octanol–water partition coefficient (Wildman–Crippen LogP) is 0.980. The second-order valence-electron chi connectivity index (χ2n) is 15.9. The third-order valence-corrected chi connectivity index (χ3v) is 12.1. The van der Waals surface area contributed by atoms with Crippen molar-refractivity contribution in [3.8, 4) is 0 Å². The lowest BCUT2D eigenvalue weighted by atomic mass is 10.1. The second-order valence-corrected chi connectivity index (χ2v) is 19.4. The number of amides is 1. The third kappa shape index (κ3) is 13.9. The molecule has 30 nitrogen and oxygen atoms in total. The Bertz CT molecular complexity index is 2600. The van der Waals surface area contributed by atoms with E-state index < -0.39 is 106 Å². The van der Waals surface area contributed by atoms with Gasteiger partial charge in [-0.3, -0.25) is 37.5 Å². The van der Waals surface area contributed by atoms with Crippen molar-refractivity contribution in [3.05, 3.63) is 63.8 Å². The van der Waals surface area contributed by atoms with Gasteiger partial charge in [0.1, 0.15) is 59.9 Å². The van der Waals surface area contributed by atoms with Gasteiger partial charge in [-0.25, -0.2) is 43.4 Å². The van der Waals surface area contributed by atoms with E-state index in [0.29, 0.717) is 6.42 Å². The smallest absolute Gasteiger partial charge is 0.455 e. The molecule has 0 aromatic carbocycles. The number of anilines is 2. The van der Waals surface area contributed by atoms with Crippen LogP contribution in [0, 0.1) is 10.1 Å². The van der Waals surface area contributed by atoms with Crippen LogP contribution in [0.1, 0.15) is 58.9 Å². The van der Waals surface area contributed by atoms with Gasteiger partial charge in [0.05, 0.1) is 24.5 Å². The number of carbonyl (C=O) groups excluding carboxylic acids is 2. The minimum absolute atomic E-state index is 0.0227. The number of carbonyl (C=O) groups is 2. The minimum atomic E-state index is -5.28. The quantitative estimate of drug-likeness (QED) is 0.0144. The lowest BCUT2D eigenvalue weighted by Gasteiger charge is -2.26. The number of aliphatic hydroxyl groups excluding tert-OH is 1. The van der Waals surface area contributed by atoms with Crippen molar-refractivity contribution in [3.63, 3.8) is 0 Å². The maximum Gasteiger partial charge on any atom is 0.472 e. The Labute approximate surface area is 388 Å². The van der Waals surface area contributed by atoms with Crippen LogP contribution in [0.5, 0.6) is 0 Å². The molecule has 2 saturated heterocycles. The fraction of sp³-hybridized carbons (Fsp3) is 0.543. The lowest BCUT2D eigenvalue weighted by Crippen LogP contribution is -2.47. The standard InChI is InChI=1S/C35H48N12O18P2S/c1-35(2,3)64-34(51)43-18(7-4-5-11-42-68-30-19(47(52)53)8-6-10-38-30)32(49)63-27-22(62-31(26(27)48)46-17-41-25-28(37)39-16-40-29(25)46)15-60-67(57,58)65-20-13-24(45-12-9-23(36)44-33(45)50)61-21(20)14-59-66(54,55)56/h6,8-10,12,16-18,20-22,24,26-27,31,42,48H,4-5,7,11,13-15H2,1-3H3,(H,43,51)(H,57,58)(H2,36,44,50)(H2,37,39,40)(H2,54,55,56)/t18?,20-,21-,22+,24+,26+,27+,31+/m0/s1. The maximum atomic E-state index is 14.0. The number of phosphoric ester groups is 2. The zero-order chi connectivity index (χ0) is 49.6. The van der Waals surface area contributed by atoms with E-state index in [0.717, 1.165) is 22.8 Å². The third-order valence-electron chi connectivity index (χ3n) is 9.76. The summed E-state index contributed by atoms with van der Waals surface area (Å²) in [4.78, 5) is 99.9. The van der Waals surface area contributed by atoms with Crippen LogP contribution in [0.25, 0.3) is 11.2 Å². The molecular weight excluding hydrogens is 970 g/mol. The van der Waals surface area contributed by atoms with Gasteiger partial charge < -0.3 is 55.5 Å². The number of alkyl carbamates (subject to hydrolysis) is 1. The van der Waals surface area contributed by atoms with Crippen molar-refractivity contribution in [1.82, 2.24) is 44.1 Å². The highest BCUT2D eigenvalue weighted by molar-refractivity contribution is 7.97. The molecule has 10 N–H and O–H groups in total. The first-order valence-corrected chi connectivity index (χ1v) is 24.1. The Morgan fingerprint density at radius 1 is 1.06 bits per heavy atom. The highest BCUT2D eigenvalue weighted by Gasteiger charge is 2.50. The molecule has 33 heteroatoms. The summed E-state index contributed by atoms with van der Waals surface area (Å²) in [5, 5.41) is 25.7. The Morgan fingerprint density at radius 3 is 2.51 bits per heavy atom. The first-order chi connectivity index (χ1) is 32.0. The van der Waals surface area contributed by atoms with Crippen LogP contribution in [0.4, 0.5) is 22.1 Å². The van der Waals surface area contributed by atoms with E-state index in [2.05, 4.69) is 39.5 Å². The molecule has 2 aliphatic heterocycles. The van der Waals surface area contributed by atoms with Crippen molar-refractivity contribution in [2.24, 2.45) is 0 Å². The van der Waals surface area contributed by atoms with Crippen LogP contribution >= 0.6 is 27.6 Å². The van der Waals surface area contributed by atoms with Crippen molar-refractivity contribution >= 4 is 68.1 Å². The van der Waals surface area contributed by atoms with Crippen LogP contribution in [0.2, 0.25) is 0 Å². The Hall–Kier alpha value is -5.27. The van der Waals surface area contributed by atoms with Gasteiger partial charge in [0, 0.05) is 31.4 Å². The number of hydrogen-bond donors (Lipinski definition) is 8. The summed E-state index contributed by atoms with van der Waals surface area (Å²) in [6.07, 6.45) is -6.65. The Kier molecular flexibility index (Phi) is 16.9. The highest BCUT2D eigenvalue weighted by atomic mass is 32.2. The molecule has 6 heterocycles. The molecule has 0 spiro atoms. The highest BCUT2D eigenvalue weighted by Crippen LogP contribution is 2.50. The van der Waals surface area contributed by atoms with Crippen LogP contribution < -0.4 is 27.2 Å². The molecule has 4 aromatic heterocycles. The van der Waals surface area contributed by atoms with Gasteiger partial charge in [-0.15, -0.1) is 0 Å². The first-order valence-electron chi connectivity index (χ1n) is 20.3. The first kappa shape index (κ1) is 52.1. The largest absolute Gasteiger partial charge is 0.472 e. The number of nitrogens with zero attached hydrogens (tertiary/aromatic N) is 8. The number of nitro groups is 1. The zero-order valence-electron chi connectivity index (χ0n) is 36.1. The van der Waals surface area contributed by atoms with Crippen molar-refractivity contribution in [2.75, 3.05) is 31.2 Å². The van der Waals surface area contributed by atoms with Crippen LogP contribution in [0.3, 0.4) is 0 Å². The number of pyridine rings is 1. The molecule has 1 amide bonds. The summed E-state index contributed by atoms with van der Waals surface area (Å²) < 4.78 is 68.6. The molecule has 6 rings (SSSR count). The number of imidazole rings is 1. The molecule has 9 atom stereocenters.